The molecule has 4 heteroatoms. The molecule has 3 nitrogen and oxygen atoms in total. The molecule has 0 saturated carbocycles. The normalized spacial score (nSPS) is 10.4. The minimum atomic E-state index is 0.408. The summed E-state index contributed by atoms with van der Waals surface area (Å²) < 4.78 is 5.33. The van der Waals surface area contributed by atoms with E-state index < -0.39 is 0 Å². The van der Waals surface area contributed by atoms with Crippen LogP contribution >= 0.6 is 11.3 Å². The fourth-order valence-electron chi connectivity index (χ4n) is 1.66. The van der Waals surface area contributed by atoms with Crippen molar-refractivity contribution in [1.29, 1.82) is 0 Å². The predicted octanol–water partition coefficient (Wildman–Crippen LogP) is 2.28. The van der Waals surface area contributed by atoms with Gasteiger partial charge in [-0.3, -0.25) is 4.90 Å². The van der Waals surface area contributed by atoms with Gasteiger partial charge in [0.2, 0.25) is 0 Å². The Morgan fingerprint density at radius 2 is 2.22 bits per heavy atom. The van der Waals surface area contributed by atoms with Crippen LogP contribution in [0.15, 0.2) is 34.9 Å². The predicted molar refractivity (Wildman–Crippen MR) is 74.1 cm³/mol. The first-order valence-corrected chi connectivity index (χ1v) is 6.58. The molecular formula is C14H16N2OS. The Labute approximate surface area is 111 Å². The molecule has 0 unspecified atom stereocenters. The lowest BCUT2D eigenvalue weighted by molar-refractivity contribution is 0.290. The zero-order chi connectivity index (χ0) is 12.8. The van der Waals surface area contributed by atoms with Crippen molar-refractivity contribution in [1.82, 2.24) is 4.90 Å². The van der Waals surface area contributed by atoms with Crippen LogP contribution in [0.4, 0.5) is 0 Å². The quantitative estimate of drug-likeness (QED) is 0.858. The molecule has 0 radical (unpaired) electrons. The summed E-state index contributed by atoms with van der Waals surface area (Å²) in [5, 5.41) is 0. The van der Waals surface area contributed by atoms with Crippen LogP contribution in [0.3, 0.4) is 0 Å². The van der Waals surface area contributed by atoms with Crippen LogP contribution in [-0.2, 0) is 13.1 Å². The molecule has 2 aromatic heterocycles. The number of hydrogen-bond donors (Lipinski definition) is 1. The second-order valence-corrected chi connectivity index (χ2v) is 5.19. The molecule has 0 atom stereocenters. The molecule has 2 heterocycles. The van der Waals surface area contributed by atoms with Gasteiger partial charge in [0, 0.05) is 11.4 Å². The fraction of sp³-hybridized carbons (Fsp3) is 0.286. The van der Waals surface area contributed by atoms with E-state index in [1.165, 1.54) is 4.88 Å². The molecule has 0 amide bonds. The van der Waals surface area contributed by atoms with E-state index in [0.717, 1.165) is 23.7 Å². The molecule has 0 aliphatic carbocycles. The van der Waals surface area contributed by atoms with Gasteiger partial charge in [0.25, 0.3) is 0 Å². The lowest BCUT2D eigenvalue weighted by Crippen LogP contribution is -2.15. The van der Waals surface area contributed by atoms with Crippen molar-refractivity contribution in [3.05, 3.63) is 46.0 Å². The van der Waals surface area contributed by atoms with E-state index in [1.807, 2.05) is 18.2 Å². The maximum Gasteiger partial charge on any atom is 0.117 e. The Morgan fingerprint density at radius 1 is 1.33 bits per heavy atom. The van der Waals surface area contributed by atoms with Gasteiger partial charge >= 0.3 is 0 Å². The summed E-state index contributed by atoms with van der Waals surface area (Å²) >= 11 is 1.71. The molecule has 0 aliphatic rings. The lowest BCUT2D eigenvalue weighted by Gasteiger charge is -2.13. The molecule has 2 rings (SSSR count). The van der Waals surface area contributed by atoms with Gasteiger partial charge in [-0.15, -0.1) is 11.3 Å². The standard InChI is InChI=1S/C14H16N2OS/c1-16(10-12-4-3-9-17-12)11-14-7-6-13(18-14)5-2-8-15/h3-4,6-7,9H,8,10-11,15H2,1H3. The Hall–Kier alpha value is -1.54. The zero-order valence-electron chi connectivity index (χ0n) is 10.3. The van der Waals surface area contributed by atoms with Crippen molar-refractivity contribution in [2.24, 2.45) is 5.73 Å². The van der Waals surface area contributed by atoms with Gasteiger partial charge in [0.15, 0.2) is 0 Å². The molecular weight excluding hydrogens is 244 g/mol. The van der Waals surface area contributed by atoms with Gasteiger partial charge in [-0.2, -0.15) is 0 Å². The van der Waals surface area contributed by atoms with Crippen LogP contribution < -0.4 is 5.73 Å². The van der Waals surface area contributed by atoms with Crippen LogP contribution in [0, 0.1) is 11.8 Å². The summed E-state index contributed by atoms with van der Waals surface area (Å²) in [6.07, 6.45) is 1.70. The van der Waals surface area contributed by atoms with Crippen molar-refractivity contribution < 1.29 is 4.42 Å². The largest absolute Gasteiger partial charge is 0.468 e. The molecule has 0 aromatic carbocycles. The number of nitrogens with two attached hydrogens (primary N) is 1. The van der Waals surface area contributed by atoms with Crippen molar-refractivity contribution >= 4 is 11.3 Å². The van der Waals surface area contributed by atoms with Crippen LogP contribution in [0.25, 0.3) is 0 Å². The third kappa shape index (κ3) is 3.74. The van der Waals surface area contributed by atoms with E-state index in [4.69, 9.17) is 10.2 Å². The summed E-state index contributed by atoms with van der Waals surface area (Å²) in [7, 11) is 2.08. The molecule has 0 spiro atoms. The summed E-state index contributed by atoms with van der Waals surface area (Å²) in [5.74, 6) is 6.90. The third-order valence-electron chi connectivity index (χ3n) is 2.41. The van der Waals surface area contributed by atoms with E-state index >= 15 is 0 Å². The lowest BCUT2D eigenvalue weighted by atomic mass is 10.3. The monoisotopic (exact) mass is 260 g/mol. The van der Waals surface area contributed by atoms with Gasteiger partial charge in [-0.25, -0.2) is 0 Å². The highest BCUT2D eigenvalue weighted by Gasteiger charge is 2.05. The topological polar surface area (TPSA) is 42.4 Å². The molecule has 0 fully saturated rings. The Morgan fingerprint density at radius 3 is 2.94 bits per heavy atom. The molecule has 2 N–H and O–H groups in total. The SMILES string of the molecule is CN(Cc1ccco1)Cc1ccc(C#CCN)s1. The molecule has 0 aliphatic heterocycles. The van der Waals surface area contributed by atoms with Crippen LogP contribution in [-0.4, -0.2) is 18.5 Å². The average molecular weight is 260 g/mol. The van der Waals surface area contributed by atoms with Crippen LogP contribution in [0.5, 0.6) is 0 Å². The fourth-order valence-corrected chi connectivity index (χ4v) is 2.62. The second kappa shape index (κ2) is 6.41. The summed E-state index contributed by atoms with van der Waals surface area (Å²) in [5.41, 5.74) is 5.35. The van der Waals surface area contributed by atoms with Gasteiger partial charge in [0.1, 0.15) is 5.76 Å². The molecule has 0 bridgehead atoms. The first kappa shape index (κ1) is 12.9. The minimum absolute atomic E-state index is 0.408. The summed E-state index contributed by atoms with van der Waals surface area (Å²) in [4.78, 5) is 4.58. The van der Waals surface area contributed by atoms with Gasteiger partial charge in [0.05, 0.1) is 24.2 Å². The van der Waals surface area contributed by atoms with Crippen molar-refractivity contribution in [3.8, 4) is 11.8 Å². The average Bonchev–Trinajstić information content (AvgIpc) is 2.98. The highest BCUT2D eigenvalue weighted by atomic mass is 32.1. The maximum absolute atomic E-state index is 5.35. The van der Waals surface area contributed by atoms with Gasteiger partial charge in [-0.1, -0.05) is 11.8 Å². The second-order valence-electron chi connectivity index (χ2n) is 4.02. The number of nitrogens with zero attached hydrogens (tertiary/aromatic N) is 1. The van der Waals surface area contributed by atoms with Crippen molar-refractivity contribution in [2.75, 3.05) is 13.6 Å². The smallest absolute Gasteiger partial charge is 0.117 e. The highest BCUT2D eigenvalue weighted by molar-refractivity contribution is 7.12. The van der Waals surface area contributed by atoms with E-state index in [1.54, 1.807) is 17.6 Å². The minimum Gasteiger partial charge on any atom is -0.468 e. The first-order chi connectivity index (χ1) is 8.78. The molecule has 94 valence electrons. The zero-order valence-corrected chi connectivity index (χ0v) is 11.2. The summed E-state index contributed by atoms with van der Waals surface area (Å²) in [6, 6.07) is 8.06. The third-order valence-corrected chi connectivity index (χ3v) is 3.39. The summed E-state index contributed by atoms with van der Waals surface area (Å²) in [6.45, 7) is 2.12. The molecule has 2 aromatic rings. The number of hydrogen-bond acceptors (Lipinski definition) is 4. The van der Waals surface area contributed by atoms with E-state index in [0.29, 0.717) is 6.54 Å². The first-order valence-electron chi connectivity index (χ1n) is 5.76. The Balaban J connectivity index is 1.90. The Kier molecular flexibility index (Phi) is 4.59. The number of furan rings is 1. The van der Waals surface area contributed by atoms with E-state index in [-0.39, 0.29) is 0 Å². The van der Waals surface area contributed by atoms with Crippen LogP contribution in [0.1, 0.15) is 15.5 Å². The van der Waals surface area contributed by atoms with Crippen LogP contribution in [0.2, 0.25) is 0 Å². The van der Waals surface area contributed by atoms with Crippen molar-refractivity contribution in [2.45, 2.75) is 13.1 Å². The number of rotatable bonds is 4. The van der Waals surface area contributed by atoms with Crippen molar-refractivity contribution in [3.63, 3.8) is 0 Å². The van der Waals surface area contributed by atoms with E-state index in [2.05, 4.69) is 29.9 Å². The highest BCUT2D eigenvalue weighted by Crippen LogP contribution is 2.17. The number of thiophene rings is 1. The van der Waals surface area contributed by atoms with Gasteiger partial charge < -0.3 is 10.2 Å². The Bertz CT molecular complexity index is 534. The maximum atomic E-state index is 5.35. The van der Waals surface area contributed by atoms with Gasteiger partial charge in [-0.05, 0) is 31.3 Å². The molecule has 0 saturated heterocycles. The van der Waals surface area contributed by atoms with E-state index in [9.17, 15) is 0 Å². The molecule has 18 heavy (non-hydrogen) atoms.